The summed E-state index contributed by atoms with van der Waals surface area (Å²) in [5, 5.41) is 9.61. The monoisotopic (exact) mass is 367 g/mol. The third-order valence-corrected chi connectivity index (χ3v) is 4.95. The normalized spacial score (nSPS) is 21.1. The SMILES string of the molecule is CCNC(=O)C(C)(C)CNC(=NCC(=O)N(C)C)NC1CCCCC1C. The Labute approximate surface area is 158 Å². The zero-order valence-corrected chi connectivity index (χ0v) is 17.3. The lowest BCUT2D eigenvalue weighted by atomic mass is 9.86. The van der Waals surface area contributed by atoms with Gasteiger partial charge in [-0.15, -0.1) is 0 Å². The molecule has 0 aliphatic heterocycles. The molecule has 1 rings (SSSR count). The highest BCUT2D eigenvalue weighted by Gasteiger charge is 2.28. The van der Waals surface area contributed by atoms with Crippen molar-refractivity contribution < 1.29 is 9.59 Å². The van der Waals surface area contributed by atoms with Gasteiger partial charge in [-0.3, -0.25) is 9.59 Å². The van der Waals surface area contributed by atoms with Crippen molar-refractivity contribution in [2.45, 2.75) is 59.4 Å². The van der Waals surface area contributed by atoms with Gasteiger partial charge in [0.2, 0.25) is 11.8 Å². The van der Waals surface area contributed by atoms with Crippen molar-refractivity contribution in [1.82, 2.24) is 20.9 Å². The summed E-state index contributed by atoms with van der Waals surface area (Å²) in [6.45, 7) is 9.10. The number of guanidine groups is 1. The molecule has 1 fully saturated rings. The summed E-state index contributed by atoms with van der Waals surface area (Å²) in [5.74, 6) is 1.13. The highest BCUT2D eigenvalue weighted by Crippen LogP contribution is 2.23. The first-order valence-electron chi connectivity index (χ1n) is 9.70. The molecule has 7 nitrogen and oxygen atoms in total. The predicted molar refractivity (Wildman–Crippen MR) is 106 cm³/mol. The molecule has 0 spiro atoms. The van der Waals surface area contributed by atoms with Crippen molar-refractivity contribution >= 4 is 17.8 Å². The van der Waals surface area contributed by atoms with Crippen molar-refractivity contribution in [2.75, 3.05) is 33.7 Å². The van der Waals surface area contributed by atoms with Crippen LogP contribution in [0, 0.1) is 11.3 Å². The van der Waals surface area contributed by atoms with Crippen LogP contribution in [0.15, 0.2) is 4.99 Å². The minimum Gasteiger partial charge on any atom is -0.356 e. The average molecular weight is 368 g/mol. The van der Waals surface area contributed by atoms with Gasteiger partial charge in [-0.1, -0.05) is 19.8 Å². The minimum atomic E-state index is -0.567. The Balaban J connectivity index is 2.77. The zero-order chi connectivity index (χ0) is 19.7. The van der Waals surface area contributed by atoms with Crippen LogP contribution in [0.2, 0.25) is 0 Å². The number of nitrogens with one attached hydrogen (secondary N) is 3. The second-order valence-electron chi connectivity index (χ2n) is 8.06. The molecule has 0 bridgehead atoms. The number of amides is 2. The van der Waals surface area contributed by atoms with Crippen LogP contribution in [0.3, 0.4) is 0 Å². The molecule has 7 heteroatoms. The Hall–Kier alpha value is -1.79. The lowest BCUT2D eigenvalue weighted by Gasteiger charge is -2.32. The summed E-state index contributed by atoms with van der Waals surface area (Å²) in [5.41, 5.74) is -0.567. The molecular formula is C19H37N5O2. The van der Waals surface area contributed by atoms with Gasteiger partial charge in [0.1, 0.15) is 6.54 Å². The summed E-state index contributed by atoms with van der Waals surface area (Å²) < 4.78 is 0. The smallest absolute Gasteiger partial charge is 0.243 e. The van der Waals surface area contributed by atoms with Crippen molar-refractivity contribution in [1.29, 1.82) is 0 Å². The van der Waals surface area contributed by atoms with Gasteiger partial charge < -0.3 is 20.9 Å². The molecule has 26 heavy (non-hydrogen) atoms. The molecule has 0 aromatic carbocycles. The Morgan fingerprint density at radius 2 is 1.81 bits per heavy atom. The topological polar surface area (TPSA) is 85.8 Å². The lowest BCUT2D eigenvalue weighted by Crippen LogP contribution is -2.51. The number of aliphatic imine (C=N–C) groups is 1. The number of likely N-dealkylation sites (N-methyl/N-ethyl adjacent to an activating group) is 1. The third kappa shape index (κ3) is 7.22. The molecule has 2 atom stereocenters. The second-order valence-corrected chi connectivity index (χ2v) is 8.06. The van der Waals surface area contributed by atoms with E-state index in [0.29, 0.717) is 31.0 Å². The van der Waals surface area contributed by atoms with Gasteiger partial charge in [0, 0.05) is 33.2 Å². The predicted octanol–water partition coefficient (Wildman–Crippen LogP) is 1.35. The quantitative estimate of drug-likeness (QED) is 0.468. The number of hydrogen-bond acceptors (Lipinski definition) is 3. The molecule has 1 saturated carbocycles. The summed E-state index contributed by atoms with van der Waals surface area (Å²) in [6, 6.07) is 0.344. The van der Waals surface area contributed by atoms with Gasteiger partial charge >= 0.3 is 0 Å². The van der Waals surface area contributed by atoms with Gasteiger partial charge in [-0.2, -0.15) is 0 Å². The minimum absolute atomic E-state index is 0.00209. The van der Waals surface area contributed by atoms with Crippen LogP contribution < -0.4 is 16.0 Å². The van der Waals surface area contributed by atoms with Gasteiger partial charge in [-0.05, 0) is 39.5 Å². The fourth-order valence-corrected chi connectivity index (χ4v) is 2.93. The lowest BCUT2D eigenvalue weighted by molar-refractivity contribution is -0.129. The van der Waals surface area contributed by atoms with Gasteiger partial charge in [0.05, 0.1) is 5.41 Å². The molecular weight excluding hydrogens is 330 g/mol. The summed E-state index contributed by atoms with van der Waals surface area (Å²) >= 11 is 0. The maximum Gasteiger partial charge on any atom is 0.243 e. The van der Waals surface area contributed by atoms with Crippen LogP contribution in [0.1, 0.15) is 53.4 Å². The highest BCUT2D eigenvalue weighted by molar-refractivity contribution is 5.86. The summed E-state index contributed by atoms with van der Waals surface area (Å²) in [7, 11) is 3.44. The molecule has 0 aromatic rings. The van der Waals surface area contributed by atoms with Gasteiger partial charge in [-0.25, -0.2) is 4.99 Å². The van der Waals surface area contributed by atoms with Crippen molar-refractivity contribution in [3.63, 3.8) is 0 Å². The Bertz CT molecular complexity index is 502. The first-order chi connectivity index (χ1) is 12.2. The molecule has 1 aliphatic rings. The number of rotatable bonds is 7. The average Bonchev–Trinajstić information content (AvgIpc) is 2.58. The molecule has 0 aromatic heterocycles. The van der Waals surface area contributed by atoms with E-state index in [1.807, 2.05) is 20.8 Å². The van der Waals surface area contributed by atoms with E-state index in [4.69, 9.17) is 0 Å². The van der Waals surface area contributed by atoms with E-state index in [2.05, 4.69) is 27.9 Å². The Morgan fingerprint density at radius 3 is 2.38 bits per heavy atom. The van der Waals surface area contributed by atoms with E-state index < -0.39 is 5.41 Å². The summed E-state index contributed by atoms with van der Waals surface area (Å²) in [4.78, 5) is 30.1. The Morgan fingerprint density at radius 1 is 1.15 bits per heavy atom. The number of carbonyl (C=O) groups excluding carboxylic acids is 2. The number of nitrogens with zero attached hydrogens (tertiary/aromatic N) is 2. The molecule has 150 valence electrons. The largest absolute Gasteiger partial charge is 0.356 e. The van der Waals surface area contributed by atoms with E-state index in [0.717, 1.165) is 6.42 Å². The van der Waals surface area contributed by atoms with E-state index >= 15 is 0 Å². The first kappa shape index (κ1) is 22.3. The van der Waals surface area contributed by atoms with Crippen LogP contribution in [0.5, 0.6) is 0 Å². The van der Waals surface area contributed by atoms with Crippen LogP contribution >= 0.6 is 0 Å². The molecule has 0 heterocycles. The maximum atomic E-state index is 12.2. The van der Waals surface area contributed by atoms with Crippen molar-refractivity contribution in [3.8, 4) is 0 Å². The molecule has 1 aliphatic carbocycles. The van der Waals surface area contributed by atoms with Crippen molar-refractivity contribution in [2.24, 2.45) is 16.3 Å². The molecule has 0 radical (unpaired) electrons. The molecule has 3 N–H and O–H groups in total. The van der Waals surface area contributed by atoms with E-state index in [1.165, 1.54) is 24.2 Å². The van der Waals surface area contributed by atoms with E-state index in [1.54, 1.807) is 14.1 Å². The molecule has 2 amide bonds. The third-order valence-electron chi connectivity index (χ3n) is 4.95. The second kappa shape index (κ2) is 10.4. The highest BCUT2D eigenvalue weighted by atomic mass is 16.2. The van der Waals surface area contributed by atoms with E-state index in [9.17, 15) is 9.59 Å². The number of carbonyl (C=O) groups is 2. The summed E-state index contributed by atoms with van der Waals surface area (Å²) in [6.07, 6.45) is 4.77. The Kier molecular flexibility index (Phi) is 8.88. The first-order valence-corrected chi connectivity index (χ1v) is 9.70. The van der Waals surface area contributed by atoms with Gasteiger partial charge in [0.15, 0.2) is 5.96 Å². The zero-order valence-electron chi connectivity index (χ0n) is 17.3. The maximum absolute atomic E-state index is 12.2. The molecule has 0 saturated heterocycles. The van der Waals surface area contributed by atoms with Crippen molar-refractivity contribution in [3.05, 3.63) is 0 Å². The standard InChI is InChI=1S/C19H37N5O2/c1-7-20-17(26)19(3,4)13-22-18(21-12-16(25)24(5)6)23-15-11-9-8-10-14(15)2/h14-15H,7-13H2,1-6H3,(H,20,26)(H2,21,22,23). The fraction of sp³-hybridized carbons (Fsp3) is 0.842. The van der Waals surface area contributed by atoms with Crippen LogP contribution in [-0.2, 0) is 9.59 Å². The fourth-order valence-electron chi connectivity index (χ4n) is 2.93. The van der Waals surface area contributed by atoms with E-state index in [-0.39, 0.29) is 18.4 Å². The van der Waals surface area contributed by atoms with Crippen LogP contribution in [0.4, 0.5) is 0 Å². The van der Waals surface area contributed by atoms with Crippen LogP contribution in [0.25, 0.3) is 0 Å². The number of hydrogen-bond donors (Lipinski definition) is 3. The van der Waals surface area contributed by atoms with Crippen LogP contribution in [-0.4, -0.2) is 62.4 Å². The van der Waals surface area contributed by atoms with Gasteiger partial charge in [0.25, 0.3) is 0 Å². The molecule has 2 unspecified atom stereocenters.